The van der Waals surface area contributed by atoms with Gasteiger partial charge in [0.15, 0.2) is 0 Å². The second kappa shape index (κ2) is 6.23. The molecular weight excluding hydrogens is 320 g/mol. The molecule has 1 aliphatic heterocycles. The van der Waals surface area contributed by atoms with E-state index in [1.165, 1.54) is 4.90 Å². The molecule has 2 amide bonds. The van der Waals surface area contributed by atoms with Crippen molar-refractivity contribution in [1.29, 1.82) is 0 Å². The molecule has 0 saturated carbocycles. The quantitative estimate of drug-likeness (QED) is 0.835. The third kappa shape index (κ3) is 3.50. The van der Waals surface area contributed by atoms with Gasteiger partial charge in [-0.3, -0.25) is 19.8 Å². The molecule has 25 heavy (non-hydrogen) atoms. The second-order valence-electron chi connectivity index (χ2n) is 7.23. The first kappa shape index (κ1) is 17.0. The number of hydrogen-bond donors (Lipinski definition) is 2. The summed E-state index contributed by atoms with van der Waals surface area (Å²) < 4.78 is 5.20. The Kier molecular flexibility index (Phi) is 4.24. The number of benzene rings is 1. The molecule has 1 aliphatic rings. The van der Waals surface area contributed by atoms with Crippen LogP contribution in [0.2, 0.25) is 0 Å². The Labute approximate surface area is 146 Å². The first-order valence-corrected chi connectivity index (χ1v) is 8.21. The fourth-order valence-electron chi connectivity index (χ4n) is 2.82. The van der Waals surface area contributed by atoms with Crippen LogP contribution >= 0.6 is 0 Å². The lowest BCUT2D eigenvalue weighted by molar-refractivity contribution is -0.120. The van der Waals surface area contributed by atoms with Crippen LogP contribution in [0.25, 0.3) is 0 Å². The molecule has 0 bridgehead atoms. The number of nitrogens with two attached hydrogens (primary N) is 1. The third-order valence-corrected chi connectivity index (χ3v) is 4.19. The molecule has 3 N–H and O–H groups in total. The zero-order valence-corrected chi connectivity index (χ0v) is 14.6. The highest BCUT2D eigenvalue weighted by Crippen LogP contribution is 2.29. The summed E-state index contributed by atoms with van der Waals surface area (Å²) in [7, 11) is 0. The van der Waals surface area contributed by atoms with Crippen LogP contribution in [0.5, 0.6) is 0 Å². The summed E-state index contributed by atoms with van der Waals surface area (Å²) >= 11 is 0. The molecule has 1 aromatic carbocycles. The van der Waals surface area contributed by atoms with Crippen molar-refractivity contribution in [2.75, 3.05) is 16.0 Å². The van der Waals surface area contributed by atoms with Crippen LogP contribution < -0.4 is 16.0 Å². The van der Waals surface area contributed by atoms with Gasteiger partial charge in [-0.1, -0.05) is 32.0 Å². The van der Waals surface area contributed by atoms with Gasteiger partial charge in [0.25, 0.3) is 0 Å². The molecule has 7 nitrogen and oxygen atoms in total. The molecule has 0 radical (unpaired) electrons. The first-order valence-electron chi connectivity index (χ1n) is 8.21. The molecule has 0 unspecified atom stereocenters. The maximum absolute atomic E-state index is 12.7. The molecule has 132 valence electrons. The molecule has 2 aromatic rings. The molecule has 0 aliphatic carbocycles. The number of aromatic nitrogens is 1. The van der Waals surface area contributed by atoms with Crippen molar-refractivity contribution in [3.8, 4) is 0 Å². The van der Waals surface area contributed by atoms with Crippen LogP contribution in [0.1, 0.15) is 39.3 Å². The Morgan fingerprint density at radius 1 is 1.36 bits per heavy atom. The van der Waals surface area contributed by atoms with Gasteiger partial charge in [0.1, 0.15) is 6.04 Å². The molecule has 3 rings (SSSR count). The smallest absolute Gasteiger partial charge is 0.249 e. The van der Waals surface area contributed by atoms with Crippen molar-refractivity contribution in [3.05, 3.63) is 36.0 Å². The highest BCUT2D eigenvalue weighted by atomic mass is 16.5. The number of hydrogen-bond acceptors (Lipinski definition) is 5. The summed E-state index contributed by atoms with van der Waals surface area (Å²) in [5.74, 6) is -0.120. The standard InChI is InChI=1S/C18H22N4O3/c1-18(2,3)14-10-15(25-21-14)20-17(24)13-7-8-16(23)22(13)12-6-4-5-11(19)9-12/h4-6,9-10,13H,7-8,19H2,1-3H3,(H,20,24)/t13-/m0/s1. The Bertz CT molecular complexity index is 807. The van der Waals surface area contributed by atoms with E-state index in [0.29, 0.717) is 24.2 Å². The van der Waals surface area contributed by atoms with Crippen molar-refractivity contribution in [2.24, 2.45) is 0 Å². The van der Waals surface area contributed by atoms with E-state index in [-0.39, 0.29) is 23.1 Å². The number of carbonyl (C=O) groups excluding carboxylic acids is 2. The minimum Gasteiger partial charge on any atom is -0.399 e. The van der Waals surface area contributed by atoms with Gasteiger partial charge in [0.05, 0.1) is 5.69 Å². The van der Waals surface area contributed by atoms with Crippen LogP contribution in [0.3, 0.4) is 0 Å². The van der Waals surface area contributed by atoms with E-state index >= 15 is 0 Å². The predicted octanol–water partition coefficient (Wildman–Crippen LogP) is 2.69. The molecule has 7 heteroatoms. The van der Waals surface area contributed by atoms with Gasteiger partial charge in [-0.05, 0) is 24.6 Å². The van der Waals surface area contributed by atoms with Gasteiger partial charge in [-0.25, -0.2) is 0 Å². The van der Waals surface area contributed by atoms with Crippen LogP contribution in [0, 0.1) is 0 Å². The van der Waals surface area contributed by atoms with Crippen molar-refractivity contribution in [2.45, 2.75) is 45.1 Å². The topological polar surface area (TPSA) is 101 Å². The molecule has 1 saturated heterocycles. The van der Waals surface area contributed by atoms with Crippen molar-refractivity contribution in [3.63, 3.8) is 0 Å². The van der Waals surface area contributed by atoms with Crippen LogP contribution in [0.15, 0.2) is 34.9 Å². The zero-order valence-electron chi connectivity index (χ0n) is 14.6. The zero-order chi connectivity index (χ0) is 18.2. The van der Waals surface area contributed by atoms with Crippen LogP contribution in [-0.2, 0) is 15.0 Å². The third-order valence-electron chi connectivity index (χ3n) is 4.19. The van der Waals surface area contributed by atoms with Gasteiger partial charge in [0.2, 0.25) is 17.7 Å². The number of nitrogens with one attached hydrogen (secondary N) is 1. The number of carbonyl (C=O) groups is 2. The van der Waals surface area contributed by atoms with E-state index in [2.05, 4.69) is 10.5 Å². The number of nitrogens with zero attached hydrogens (tertiary/aromatic N) is 2. The second-order valence-corrected chi connectivity index (χ2v) is 7.23. The van der Waals surface area contributed by atoms with Crippen LogP contribution in [0.4, 0.5) is 17.3 Å². The minimum atomic E-state index is -0.600. The summed E-state index contributed by atoms with van der Waals surface area (Å²) in [4.78, 5) is 26.4. The molecule has 2 heterocycles. The largest absolute Gasteiger partial charge is 0.399 e. The van der Waals surface area contributed by atoms with Gasteiger partial charge in [-0.15, -0.1) is 0 Å². The SMILES string of the molecule is CC(C)(C)c1cc(NC(=O)[C@@H]2CCC(=O)N2c2cccc(N)c2)on1. The lowest BCUT2D eigenvalue weighted by Crippen LogP contribution is -2.41. The lowest BCUT2D eigenvalue weighted by Gasteiger charge is -2.23. The van der Waals surface area contributed by atoms with E-state index in [9.17, 15) is 9.59 Å². The lowest BCUT2D eigenvalue weighted by atomic mass is 9.92. The highest BCUT2D eigenvalue weighted by Gasteiger charge is 2.37. The molecule has 1 aromatic heterocycles. The predicted molar refractivity (Wildman–Crippen MR) is 95.2 cm³/mol. The fraction of sp³-hybridized carbons (Fsp3) is 0.389. The molecule has 1 fully saturated rings. The van der Waals surface area contributed by atoms with E-state index in [1.807, 2.05) is 20.8 Å². The Morgan fingerprint density at radius 3 is 2.76 bits per heavy atom. The number of nitrogen functional groups attached to an aromatic ring is 1. The minimum absolute atomic E-state index is 0.0984. The van der Waals surface area contributed by atoms with Gasteiger partial charge < -0.3 is 10.3 Å². The molecule has 1 atom stereocenters. The van der Waals surface area contributed by atoms with E-state index < -0.39 is 6.04 Å². The normalized spacial score (nSPS) is 17.8. The average molecular weight is 342 g/mol. The van der Waals surface area contributed by atoms with E-state index in [1.54, 1.807) is 30.3 Å². The Hall–Kier alpha value is -2.83. The summed E-state index contributed by atoms with van der Waals surface area (Å²) in [6.45, 7) is 6.02. The van der Waals surface area contributed by atoms with E-state index in [0.717, 1.165) is 5.69 Å². The summed E-state index contributed by atoms with van der Waals surface area (Å²) in [5.41, 5.74) is 7.53. The van der Waals surface area contributed by atoms with Crippen LogP contribution in [-0.4, -0.2) is 23.0 Å². The first-order chi connectivity index (χ1) is 11.8. The maximum atomic E-state index is 12.7. The monoisotopic (exact) mass is 342 g/mol. The summed E-state index contributed by atoms with van der Waals surface area (Å²) in [6.07, 6.45) is 0.760. The molecular formula is C18H22N4O3. The van der Waals surface area contributed by atoms with Gasteiger partial charge in [0, 0.05) is 29.3 Å². The fourth-order valence-corrected chi connectivity index (χ4v) is 2.82. The Morgan fingerprint density at radius 2 is 2.12 bits per heavy atom. The number of amides is 2. The molecule has 0 spiro atoms. The maximum Gasteiger partial charge on any atom is 0.249 e. The van der Waals surface area contributed by atoms with E-state index in [4.69, 9.17) is 10.3 Å². The summed E-state index contributed by atoms with van der Waals surface area (Å²) in [5, 5.41) is 6.70. The summed E-state index contributed by atoms with van der Waals surface area (Å²) in [6, 6.07) is 8.07. The van der Waals surface area contributed by atoms with Gasteiger partial charge >= 0.3 is 0 Å². The average Bonchev–Trinajstić information content (AvgIpc) is 3.13. The number of rotatable bonds is 3. The highest BCUT2D eigenvalue weighted by molar-refractivity contribution is 6.07. The van der Waals surface area contributed by atoms with Crippen molar-refractivity contribution >= 4 is 29.1 Å². The van der Waals surface area contributed by atoms with Gasteiger partial charge in [-0.2, -0.15) is 0 Å². The Balaban J connectivity index is 1.79. The van der Waals surface area contributed by atoms with Crippen molar-refractivity contribution in [1.82, 2.24) is 5.16 Å². The van der Waals surface area contributed by atoms with Crippen molar-refractivity contribution < 1.29 is 14.1 Å². The number of anilines is 3.